The van der Waals surface area contributed by atoms with Gasteiger partial charge in [0, 0.05) is 23.9 Å². The Morgan fingerprint density at radius 2 is 2.11 bits per heavy atom. The van der Waals surface area contributed by atoms with E-state index >= 15 is 0 Å². The molecule has 0 aliphatic rings. The average molecular weight is 265 g/mol. The molecule has 4 nitrogen and oxygen atoms in total. The van der Waals surface area contributed by atoms with E-state index in [1.807, 2.05) is 19.1 Å². The topological polar surface area (TPSA) is 58.6 Å². The molecule has 0 saturated carbocycles. The number of hydrogen-bond acceptors (Lipinski definition) is 3. The van der Waals surface area contributed by atoms with Gasteiger partial charge in [-0.1, -0.05) is 31.5 Å². The van der Waals surface area contributed by atoms with Crippen molar-refractivity contribution in [2.75, 3.05) is 20.3 Å². The molecular weight excluding hydrogens is 242 g/mol. The fraction of sp³-hybridized carbons (Fsp3) is 0.533. The summed E-state index contributed by atoms with van der Waals surface area (Å²) in [6.07, 6.45) is 0.140. The molecule has 0 aliphatic heterocycles. The first kappa shape index (κ1) is 15.5. The Morgan fingerprint density at radius 3 is 2.68 bits per heavy atom. The van der Waals surface area contributed by atoms with Crippen LogP contribution in [0.25, 0.3) is 0 Å². The fourth-order valence-electron chi connectivity index (χ4n) is 1.96. The van der Waals surface area contributed by atoms with Gasteiger partial charge in [0.05, 0.1) is 13.7 Å². The van der Waals surface area contributed by atoms with Crippen molar-refractivity contribution in [2.45, 2.75) is 32.6 Å². The highest BCUT2D eigenvalue weighted by atomic mass is 16.5. The molecule has 0 saturated heterocycles. The Labute approximate surface area is 114 Å². The monoisotopic (exact) mass is 265 g/mol. The number of benzene rings is 1. The van der Waals surface area contributed by atoms with E-state index in [4.69, 9.17) is 9.84 Å². The predicted molar refractivity (Wildman–Crippen MR) is 75.5 cm³/mol. The van der Waals surface area contributed by atoms with E-state index in [0.29, 0.717) is 6.54 Å². The van der Waals surface area contributed by atoms with E-state index in [1.54, 1.807) is 7.11 Å². The molecule has 1 amide bonds. The number of aliphatic hydroxyl groups excluding tert-OH is 1. The van der Waals surface area contributed by atoms with Crippen molar-refractivity contribution < 1.29 is 14.6 Å². The van der Waals surface area contributed by atoms with Crippen molar-refractivity contribution in [1.82, 2.24) is 5.32 Å². The predicted octanol–water partition coefficient (Wildman–Crippen LogP) is 1.78. The van der Waals surface area contributed by atoms with Crippen molar-refractivity contribution in [3.8, 4) is 5.75 Å². The second-order valence-electron chi connectivity index (χ2n) is 5.34. The Balaban J connectivity index is 2.86. The summed E-state index contributed by atoms with van der Waals surface area (Å²) in [5.74, 6) is 0.689. The number of amides is 1. The number of ether oxygens (including phenoxy) is 1. The number of carbonyl (C=O) groups is 1. The van der Waals surface area contributed by atoms with Crippen LogP contribution in [0.15, 0.2) is 18.2 Å². The third-order valence-corrected chi connectivity index (χ3v) is 3.15. The van der Waals surface area contributed by atoms with Gasteiger partial charge in [-0.05, 0) is 13.0 Å². The average Bonchev–Trinajstić information content (AvgIpc) is 2.37. The summed E-state index contributed by atoms with van der Waals surface area (Å²) in [6, 6.07) is 6.03. The molecule has 0 radical (unpaired) electrons. The van der Waals surface area contributed by atoms with Crippen LogP contribution in [0, 0.1) is 6.92 Å². The van der Waals surface area contributed by atoms with Crippen LogP contribution in [0.1, 0.15) is 31.4 Å². The third kappa shape index (κ3) is 4.24. The standard InChI is InChI=1S/C15H23NO3/c1-11-5-6-13(19-4)12(9-11)15(2,3)10-16-14(18)7-8-17/h5-6,9,17H,7-8,10H2,1-4H3,(H,16,18). The summed E-state index contributed by atoms with van der Waals surface area (Å²) >= 11 is 0. The van der Waals surface area contributed by atoms with Gasteiger partial charge >= 0.3 is 0 Å². The van der Waals surface area contributed by atoms with Crippen molar-refractivity contribution in [3.63, 3.8) is 0 Å². The van der Waals surface area contributed by atoms with Gasteiger partial charge < -0.3 is 15.2 Å². The highest BCUT2D eigenvalue weighted by Crippen LogP contribution is 2.31. The molecule has 1 rings (SSSR count). The zero-order chi connectivity index (χ0) is 14.5. The number of aryl methyl sites for hydroxylation is 1. The zero-order valence-corrected chi connectivity index (χ0v) is 12.1. The molecule has 0 atom stereocenters. The Hall–Kier alpha value is -1.55. The molecule has 1 aromatic rings. The molecule has 106 valence electrons. The number of carbonyl (C=O) groups excluding carboxylic acids is 1. The van der Waals surface area contributed by atoms with E-state index in [2.05, 4.69) is 25.2 Å². The van der Waals surface area contributed by atoms with Crippen LogP contribution in [0.4, 0.5) is 0 Å². The molecule has 0 fully saturated rings. The van der Waals surface area contributed by atoms with Gasteiger partial charge in [0.15, 0.2) is 0 Å². The lowest BCUT2D eigenvalue weighted by Gasteiger charge is -2.28. The molecule has 1 aromatic carbocycles. The lowest BCUT2D eigenvalue weighted by Crippen LogP contribution is -2.37. The van der Waals surface area contributed by atoms with Crippen LogP contribution in [-0.4, -0.2) is 31.3 Å². The van der Waals surface area contributed by atoms with Crippen LogP contribution in [0.3, 0.4) is 0 Å². The van der Waals surface area contributed by atoms with Gasteiger partial charge in [0.25, 0.3) is 0 Å². The van der Waals surface area contributed by atoms with Crippen LogP contribution in [-0.2, 0) is 10.2 Å². The summed E-state index contributed by atoms with van der Waals surface area (Å²) < 4.78 is 5.39. The maximum Gasteiger partial charge on any atom is 0.222 e. The SMILES string of the molecule is COc1ccc(C)cc1C(C)(C)CNC(=O)CCO. The number of methoxy groups -OCH3 is 1. The number of aliphatic hydroxyl groups is 1. The molecule has 0 aromatic heterocycles. The minimum absolute atomic E-state index is 0.125. The largest absolute Gasteiger partial charge is 0.496 e. The molecule has 0 unspecified atom stereocenters. The normalized spacial score (nSPS) is 11.2. The third-order valence-electron chi connectivity index (χ3n) is 3.15. The number of rotatable bonds is 6. The highest BCUT2D eigenvalue weighted by Gasteiger charge is 2.25. The summed E-state index contributed by atoms with van der Waals surface area (Å²) in [5, 5.41) is 11.6. The molecule has 0 aliphatic carbocycles. The van der Waals surface area contributed by atoms with Gasteiger partial charge in [0.1, 0.15) is 5.75 Å². The molecule has 4 heteroatoms. The quantitative estimate of drug-likeness (QED) is 0.824. The smallest absolute Gasteiger partial charge is 0.222 e. The Morgan fingerprint density at radius 1 is 1.42 bits per heavy atom. The molecule has 0 bridgehead atoms. The first-order valence-corrected chi connectivity index (χ1v) is 6.43. The van der Waals surface area contributed by atoms with E-state index in [1.165, 1.54) is 0 Å². The lowest BCUT2D eigenvalue weighted by atomic mass is 9.83. The summed E-state index contributed by atoms with van der Waals surface area (Å²) in [4.78, 5) is 11.4. The summed E-state index contributed by atoms with van der Waals surface area (Å²) in [7, 11) is 1.65. The Kier molecular flexibility index (Phi) is 5.36. The second-order valence-corrected chi connectivity index (χ2v) is 5.34. The first-order valence-electron chi connectivity index (χ1n) is 6.43. The van der Waals surface area contributed by atoms with Crippen molar-refractivity contribution in [2.24, 2.45) is 0 Å². The fourth-order valence-corrected chi connectivity index (χ4v) is 1.96. The highest BCUT2D eigenvalue weighted by molar-refractivity contribution is 5.76. The van der Waals surface area contributed by atoms with Crippen LogP contribution >= 0.6 is 0 Å². The van der Waals surface area contributed by atoms with Gasteiger partial charge in [-0.3, -0.25) is 4.79 Å². The van der Waals surface area contributed by atoms with Gasteiger partial charge in [0.2, 0.25) is 5.91 Å². The minimum Gasteiger partial charge on any atom is -0.496 e. The molecule has 0 heterocycles. The summed E-state index contributed by atoms with van der Waals surface area (Å²) in [6.45, 7) is 6.53. The number of hydrogen-bond donors (Lipinski definition) is 2. The zero-order valence-electron chi connectivity index (χ0n) is 12.1. The lowest BCUT2D eigenvalue weighted by molar-refractivity contribution is -0.121. The molecule has 19 heavy (non-hydrogen) atoms. The minimum atomic E-state index is -0.234. The van der Waals surface area contributed by atoms with E-state index < -0.39 is 0 Å². The number of nitrogens with one attached hydrogen (secondary N) is 1. The van der Waals surface area contributed by atoms with Gasteiger partial charge in [-0.25, -0.2) is 0 Å². The Bertz CT molecular complexity index is 441. The van der Waals surface area contributed by atoms with E-state index in [0.717, 1.165) is 16.9 Å². The maximum atomic E-state index is 11.4. The second kappa shape index (κ2) is 6.57. The van der Waals surface area contributed by atoms with E-state index in [9.17, 15) is 4.79 Å². The summed E-state index contributed by atoms with van der Waals surface area (Å²) in [5.41, 5.74) is 1.99. The van der Waals surface area contributed by atoms with Crippen LogP contribution in [0.2, 0.25) is 0 Å². The first-order chi connectivity index (χ1) is 8.90. The van der Waals surface area contributed by atoms with Crippen molar-refractivity contribution in [3.05, 3.63) is 29.3 Å². The van der Waals surface area contributed by atoms with E-state index in [-0.39, 0.29) is 24.3 Å². The maximum absolute atomic E-state index is 11.4. The van der Waals surface area contributed by atoms with Crippen molar-refractivity contribution in [1.29, 1.82) is 0 Å². The molecule has 2 N–H and O–H groups in total. The van der Waals surface area contributed by atoms with Crippen LogP contribution in [0.5, 0.6) is 5.75 Å². The van der Waals surface area contributed by atoms with Crippen LogP contribution < -0.4 is 10.1 Å². The van der Waals surface area contributed by atoms with Crippen molar-refractivity contribution >= 4 is 5.91 Å². The van der Waals surface area contributed by atoms with Gasteiger partial charge in [-0.2, -0.15) is 0 Å². The molecular formula is C15H23NO3. The molecule has 0 spiro atoms. The van der Waals surface area contributed by atoms with Gasteiger partial charge in [-0.15, -0.1) is 0 Å².